The van der Waals surface area contributed by atoms with Crippen molar-refractivity contribution < 1.29 is 5.11 Å². The molecule has 0 bridgehead atoms. The Labute approximate surface area is 95.6 Å². The molecule has 0 saturated carbocycles. The number of hydrogen-bond donors (Lipinski definition) is 1. The molecule has 1 nitrogen and oxygen atoms in total. The van der Waals surface area contributed by atoms with E-state index in [-0.39, 0.29) is 6.10 Å². The standard InChI is InChI=1S/C14H28O/c1-5-7-8-9-14(15)13(4)11-10-12(3)6-2/h6,13-15H,5,7-11H2,1-4H3/b12-6+. The Morgan fingerprint density at radius 2 is 1.93 bits per heavy atom. The van der Waals surface area contributed by atoms with E-state index in [9.17, 15) is 5.11 Å². The van der Waals surface area contributed by atoms with Crippen LogP contribution in [0.25, 0.3) is 0 Å². The Balaban J connectivity index is 3.64. The van der Waals surface area contributed by atoms with E-state index in [1.807, 2.05) is 0 Å². The van der Waals surface area contributed by atoms with Crippen LogP contribution in [0, 0.1) is 5.92 Å². The van der Waals surface area contributed by atoms with E-state index in [0.717, 1.165) is 19.3 Å². The van der Waals surface area contributed by atoms with Crippen LogP contribution in [0.4, 0.5) is 0 Å². The average molecular weight is 212 g/mol. The summed E-state index contributed by atoms with van der Waals surface area (Å²) < 4.78 is 0. The Hall–Kier alpha value is -0.300. The van der Waals surface area contributed by atoms with Gasteiger partial charge in [0.2, 0.25) is 0 Å². The molecule has 0 aliphatic heterocycles. The van der Waals surface area contributed by atoms with Crippen molar-refractivity contribution in [3.05, 3.63) is 11.6 Å². The highest BCUT2D eigenvalue weighted by Crippen LogP contribution is 2.18. The molecule has 0 heterocycles. The van der Waals surface area contributed by atoms with Crippen LogP contribution in [0.5, 0.6) is 0 Å². The summed E-state index contributed by atoms with van der Waals surface area (Å²) in [5, 5.41) is 9.91. The first-order chi connectivity index (χ1) is 7.11. The molecule has 0 aromatic carbocycles. The normalized spacial score (nSPS) is 16.5. The maximum Gasteiger partial charge on any atom is 0.0565 e. The van der Waals surface area contributed by atoms with Gasteiger partial charge in [0.1, 0.15) is 0 Å². The molecule has 15 heavy (non-hydrogen) atoms. The highest BCUT2D eigenvalue weighted by molar-refractivity contribution is 4.95. The predicted molar refractivity (Wildman–Crippen MR) is 68.0 cm³/mol. The van der Waals surface area contributed by atoms with E-state index in [1.54, 1.807) is 0 Å². The minimum atomic E-state index is -0.0961. The first-order valence-electron chi connectivity index (χ1n) is 6.41. The van der Waals surface area contributed by atoms with Crippen LogP contribution in [0.1, 0.15) is 66.2 Å². The number of hydrogen-bond acceptors (Lipinski definition) is 1. The van der Waals surface area contributed by atoms with Gasteiger partial charge in [0.25, 0.3) is 0 Å². The summed E-state index contributed by atoms with van der Waals surface area (Å²) in [4.78, 5) is 0. The summed E-state index contributed by atoms with van der Waals surface area (Å²) in [5.41, 5.74) is 1.43. The first-order valence-corrected chi connectivity index (χ1v) is 6.41. The van der Waals surface area contributed by atoms with Gasteiger partial charge in [-0.05, 0) is 39.0 Å². The number of unbranched alkanes of at least 4 members (excludes halogenated alkanes) is 2. The molecule has 0 radical (unpaired) electrons. The van der Waals surface area contributed by atoms with Crippen molar-refractivity contribution in [2.45, 2.75) is 72.3 Å². The van der Waals surface area contributed by atoms with E-state index >= 15 is 0 Å². The van der Waals surface area contributed by atoms with Crippen molar-refractivity contribution >= 4 is 0 Å². The third-order valence-electron chi connectivity index (χ3n) is 3.25. The van der Waals surface area contributed by atoms with Gasteiger partial charge in [0, 0.05) is 0 Å². The number of allylic oxidation sites excluding steroid dienone is 2. The predicted octanol–water partition coefficient (Wildman–Crippen LogP) is 4.31. The lowest BCUT2D eigenvalue weighted by Gasteiger charge is -2.18. The van der Waals surface area contributed by atoms with E-state index in [0.29, 0.717) is 5.92 Å². The van der Waals surface area contributed by atoms with Gasteiger partial charge in [0.05, 0.1) is 6.10 Å². The Kier molecular flexibility index (Phi) is 8.79. The van der Waals surface area contributed by atoms with Gasteiger partial charge < -0.3 is 5.11 Å². The largest absolute Gasteiger partial charge is 0.393 e. The Morgan fingerprint density at radius 3 is 2.47 bits per heavy atom. The van der Waals surface area contributed by atoms with Gasteiger partial charge in [-0.25, -0.2) is 0 Å². The smallest absolute Gasteiger partial charge is 0.0565 e. The van der Waals surface area contributed by atoms with Crippen molar-refractivity contribution in [2.24, 2.45) is 5.92 Å². The molecular weight excluding hydrogens is 184 g/mol. The fraction of sp³-hybridized carbons (Fsp3) is 0.857. The Morgan fingerprint density at radius 1 is 1.27 bits per heavy atom. The molecule has 0 aliphatic rings. The lowest BCUT2D eigenvalue weighted by atomic mass is 9.93. The second-order valence-corrected chi connectivity index (χ2v) is 4.71. The Bertz CT molecular complexity index is 172. The van der Waals surface area contributed by atoms with E-state index in [2.05, 4.69) is 33.8 Å². The summed E-state index contributed by atoms with van der Waals surface area (Å²) in [5.74, 6) is 0.441. The molecule has 1 N–H and O–H groups in total. The summed E-state index contributed by atoms with van der Waals surface area (Å²) in [6.07, 6.45) is 8.94. The number of aliphatic hydroxyl groups excluding tert-OH is 1. The van der Waals surface area contributed by atoms with Gasteiger partial charge in [-0.2, -0.15) is 0 Å². The number of rotatable bonds is 8. The minimum Gasteiger partial charge on any atom is -0.393 e. The minimum absolute atomic E-state index is 0.0961. The molecule has 0 saturated heterocycles. The van der Waals surface area contributed by atoms with Gasteiger partial charge in [0.15, 0.2) is 0 Å². The van der Waals surface area contributed by atoms with Crippen LogP contribution in [0.2, 0.25) is 0 Å². The zero-order chi connectivity index (χ0) is 11.7. The quantitative estimate of drug-likeness (QED) is 0.469. The van der Waals surface area contributed by atoms with Crippen molar-refractivity contribution in [1.82, 2.24) is 0 Å². The molecule has 0 fully saturated rings. The molecule has 0 aromatic rings. The molecule has 2 atom stereocenters. The fourth-order valence-electron chi connectivity index (χ4n) is 1.68. The van der Waals surface area contributed by atoms with Crippen molar-refractivity contribution in [1.29, 1.82) is 0 Å². The second kappa shape index (κ2) is 8.96. The third kappa shape index (κ3) is 7.61. The summed E-state index contributed by atoms with van der Waals surface area (Å²) in [6.45, 7) is 8.61. The lowest BCUT2D eigenvalue weighted by molar-refractivity contribution is 0.100. The maximum atomic E-state index is 9.91. The summed E-state index contributed by atoms with van der Waals surface area (Å²) in [7, 11) is 0. The fourth-order valence-corrected chi connectivity index (χ4v) is 1.68. The van der Waals surface area contributed by atoms with Crippen molar-refractivity contribution in [3.63, 3.8) is 0 Å². The maximum absolute atomic E-state index is 9.91. The van der Waals surface area contributed by atoms with Gasteiger partial charge >= 0.3 is 0 Å². The van der Waals surface area contributed by atoms with E-state index < -0.39 is 0 Å². The molecule has 1 heteroatoms. The average Bonchev–Trinajstić information content (AvgIpc) is 2.25. The topological polar surface area (TPSA) is 20.2 Å². The van der Waals surface area contributed by atoms with Gasteiger partial charge in [-0.3, -0.25) is 0 Å². The molecular formula is C14H28O. The van der Waals surface area contributed by atoms with E-state index in [1.165, 1.54) is 24.8 Å². The third-order valence-corrected chi connectivity index (χ3v) is 3.25. The monoisotopic (exact) mass is 212 g/mol. The molecule has 0 aromatic heterocycles. The summed E-state index contributed by atoms with van der Waals surface area (Å²) in [6, 6.07) is 0. The van der Waals surface area contributed by atoms with E-state index in [4.69, 9.17) is 0 Å². The van der Waals surface area contributed by atoms with Gasteiger partial charge in [-0.1, -0.05) is 44.8 Å². The van der Waals surface area contributed by atoms with Crippen molar-refractivity contribution in [2.75, 3.05) is 0 Å². The first kappa shape index (κ1) is 14.7. The summed E-state index contributed by atoms with van der Waals surface area (Å²) >= 11 is 0. The van der Waals surface area contributed by atoms with Crippen LogP contribution in [0.3, 0.4) is 0 Å². The van der Waals surface area contributed by atoms with Crippen LogP contribution < -0.4 is 0 Å². The van der Waals surface area contributed by atoms with Gasteiger partial charge in [-0.15, -0.1) is 0 Å². The second-order valence-electron chi connectivity index (χ2n) is 4.71. The molecule has 90 valence electrons. The highest BCUT2D eigenvalue weighted by atomic mass is 16.3. The lowest BCUT2D eigenvalue weighted by Crippen LogP contribution is -2.17. The van der Waals surface area contributed by atoms with Crippen LogP contribution >= 0.6 is 0 Å². The van der Waals surface area contributed by atoms with Crippen LogP contribution in [-0.4, -0.2) is 11.2 Å². The number of aliphatic hydroxyl groups is 1. The zero-order valence-electron chi connectivity index (χ0n) is 10.9. The zero-order valence-corrected chi connectivity index (χ0v) is 10.9. The molecule has 2 unspecified atom stereocenters. The molecule has 0 aliphatic carbocycles. The SMILES string of the molecule is C/C=C(\C)CCC(C)C(O)CCCCC. The highest BCUT2D eigenvalue weighted by Gasteiger charge is 2.13. The van der Waals surface area contributed by atoms with Crippen LogP contribution in [-0.2, 0) is 0 Å². The molecule has 0 spiro atoms. The van der Waals surface area contributed by atoms with Crippen LogP contribution in [0.15, 0.2) is 11.6 Å². The van der Waals surface area contributed by atoms with Crippen molar-refractivity contribution in [3.8, 4) is 0 Å². The molecule has 0 amide bonds. The molecule has 0 rings (SSSR count).